The average Bonchev–Trinajstić information content (AvgIpc) is 2.70. The molecule has 0 aliphatic heterocycles. The van der Waals surface area contributed by atoms with E-state index in [2.05, 4.69) is 55.8 Å². The quantitative estimate of drug-likeness (QED) is 0.838. The van der Waals surface area contributed by atoms with Crippen LogP contribution in [0.4, 0.5) is 0 Å². The molecule has 0 fully saturated rings. The van der Waals surface area contributed by atoms with E-state index in [4.69, 9.17) is 5.73 Å². The van der Waals surface area contributed by atoms with Gasteiger partial charge in [0.1, 0.15) is 0 Å². The summed E-state index contributed by atoms with van der Waals surface area (Å²) in [6.45, 7) is 7.29. The molecule has 16 heavy (non-hydrogen) atoms. The number of fused-ring (bicyclic) bond motifs is 1. The highest BCUT2D eigenvalue weighted by Crippen LogP contribution is 2.24. The Morgan fingerprint density at radius 3 is 2.56 bits per heavy atom. The second-order valence-corrected chi connectivity index (χ2v) is 4.77. The van der Waals surface area contributed by atoms with Gasteiger partial charge in [0.2, 0.25) is 0 Å². The van der Waals surface area contributed by atoms with Crippen LogP contribution in [-0.4, -0.2) is 11.1 Å². The molecule has 0 bridgehead atoms. The third-order valence-electron chi connectivity index (χ3n) is 3.23. The number of nitrogens with zero attached hydrogens (tertiary/aromatic N) is 1. The van der Waals surface area contributed by atoms with Gasteiger partial charge in [0.05, 0.1) is 0 Å². The van der Waals surface area contributed by atoms with Crippen LogP contribution < -0.4 is 5.73 Å². The minimum absolute atomic E-state index is 0.430. The van der Waals surface area contributed by atoms with Crippen molar-refractivity contribution < 1.29 is 0 Å². The van der Waals surface area contributed by atoms with Crippen LogP contribution in [0.3, 0.4) is 0 Å². The smallest absolute Gasteiger partial charge is 0.0485 e. The van der Waals surface area contributed by atoms with Crippen molar-refractivity contribution in [2.75, 3.05) is 6.54 Å². The summed E-state index contributed by atoms with van der Waals surface area (Å²) in [7, 11) is 0. The molecule has 1 heterocycles. The van der Waals surface area contributed by atoms with Gasteiger partial charge in [-0.3, -0.25) is 0 Å². The first kappa shape index (κ1) is 11.2. The van der Waals surface area contributed by atoms with E-state index in [-0.39, 0.29) is 0 Å². The predicted molar refractivity (Wildman–Crippen MR) is 69.8 cm³/mol. The molecule has 1 atom stereocenters. The topological polar surface area (TPSA) is 30.9 Å². The maximum atomic E-state index is 5.71. The summed E-state index contributed by atoms with van der Waals surface area (Å²) in [5, 5.41) is 1.31. The number of benzene rings is 1. The summed E-state index contributed by atoms with van der Waals surface area (Å²) in [4.78, 5) is 0. The lowest BCUT2D eigenvalue weighted by Crippen LogP contribution is -2.09. The zero-order valence-corrected chi connectivity index (χ0v) is 10.3. The van der Waals surface area contributed by atoms with Crippen LogP contribution in [0.1, 0.15) is 38.3 Å². The van der Waals surface area contributed by atoms with Gasteiger partial charge in [0, 0.05) is 17.8 Å². The van der Waals surface area contributed by atoms with E-state index in [1.807, 2.05) is 0 Å². The van der Waals surface area contributed by atoms with Gasteiger partial charge in [-0.1, -0.05) is 19.1 Å². The largest absolute Gasteiger partial charge is 0.345 e. The number of aromatic nitrogens is 1. The molecular weight excluding hydrogens is 196 g/mol. The van der Waals surface area contributed by atoms with Gasteiger partial charge in [-0.2, -0.15) is 0 Å². The van der Waals surface area contributed by atoms with E-state index in [1.54, 1.807) is 0 Å². The van der Waals surface area contributed by atoms with Gasteiger partial charge < -0.3 is 10.3 Å². The molecule has 2 N–H and O–H groups in total. The number of hydrogen-bond donors (Lipinski definition) is 1. The molecule has 0 spiro atoms. The summed E-state index contributed by atoms with van der Waals surface area (Å²) in [5.74, 6) is 0.430. The van der Waals surface area contributed by atoms with Gasteiger partial charge in [0.25, 0.3) is 0 Å². The summed E-state index contributed by atoms with van der Waals surface area (Å²) in [5.41, 5.74) is 8.36. The van der Waals surface area contributed by atoms with E-state index < -0.39 is 0 Å². The predicted octanol–water partition coefficient (Wildman–Crippen LogP) is 3.28. The van der Waals surface area contributed by atoms with Gasteiger partial charge in [0.15, 0.2) is 0 Å². The third-order valence-corrected chi connectivity index (χ3v) is 3.23. The minimum atomic E-state index is 0.430. The van der Waals surface area contributed by atoms with Crippen LogP contribution in [0, 0.1) is 0 Å². The molecule has 2 heteroatoms. The van der Waals surface area contributed by atoms with E-state index in [9.17, 15) is 0 Å². The lowest BCUT2D eigenvalue weighted by atomic mass is 10.0. The zero-order chi connectivity index (χ0) is 11.7. The van der Waals surface area contributed by atoms with Crippen LogP contribution in [-0.2, 0) is 0 Å². The van der Waals surface area contributed by atoms with Crippen molar-refractivity contribution >= 4 is 10.9 Å². The fourth-order valence-corrected chi connectivity index (χ4v) is 2.06. The summed E-state index contributed by atoms with van der Waals surface area (Å²) >= 11 is 0. The molecule has 0 saturated heterocycles. The lowest BCUT2D eigenvalue weighted by Gasteiger charge is -2.12. The molecule has 86 valence electrons. The summed E-state index contributed by atoms with van der Waals surface area (Å²) in [6.07, 6.45) is 2.16. The van der Waals surface area contributed by atoms with Crippen LogP contribution >= 0.6 is 0 Å². The van der Waals surface area contributed by atoms with Crippen LogP contribution in [0.15, 0.2) is 30.5 Å². The molecule has 1 unspecified atom stereocenters. The van der Waals surface area contributed by atoms with Crippen molar-refractivity contribution in [2.45, 2.75) is 32.7 Å². The highest BCUT2D eigenvalue weighted by molar-refractivity contribution is 5.81. The molecule has 2 aromatic rings. The normalized spacial score (nSPS) is 13.6. The Labute approximate surface area is 97.1 Å². The fourth-order valence-electron chi connectivity index (χ4n) is 2.06. The maximum Gasteiger partial charge on any atom is 0.0485 e. The molecule has 0 amide bonds. The molecule has 0 aliphatic rings. The molecule has 1 aromatic heterocycles. The fraction of sp³-hybridized carbons (Fsp3) is 0.429. The Morgan fingerprint density at radius 1 is 1.19 bits per heavy atom. The monoisotopic (exact) mass is 216 g/mol. The van der Waals surface area contributed by atoms with E-state index >= 15 is 0 Å². The Bertz CT molecular complexity index is 482. The third kappa shape index (κ3) is 1.85. The lowest BCUT2D eigenvalue weighted by molar-refractivity contribution is 0.622. The molecule has 2 nitrogen and oxygen atoms in total. The highest BCUT2D eigenvalue weighted by Gasteiger charge is 2.08. The number of rotatable bonds is 3. The molecule has 0 radical (unpaired) electrons. The first-order valence-electron chi connectivity index (χ1n) is 5.94. The number of hydrogen-bond acceptors (Lipinski definition) is 1. The van der Waals surface area contributed by atoms with Crippen molar-refractivity contribution in [2.24, 2.45) is 5.73 Å². The number of nitrogens with two attached hydrogens (primary N) is 1. The molecule has 0 saturated carbocycles. The van der Waals surface area contributed by atoms with Crippen LogP contribution in [0.2, 0.25) is 0 Å². The van der Waals surface area contributed by atoms with E-state index in [0.717, 1.165) is 0 Å². The molecule has 2 rings (SSSR count). The van der Waals surface area contributed by atoms with Gasteiger partial charge in [-0.05, 0) is 49.4 Å². The molecular formula is C14H20N2. The summed E-state index contributed by atoms with van der Waals surface area (Å²) in [6, 6.07) is 9.32. The van der Waals surface area contributed by atoms with E-state index in [1.165, 1.54) is 16.5 Å². The van der Waals surface area contributed by atoms with E-state index in [0.29, 0.717) is 18.5 Å². The highest BCUT2D eigenvalue weighted by atomic mass is 15.0. The van der Waals surface area contributed by atoms with Crippen LogP contribution in [0.5, 0.6) is 0 Å². The zero-order valence-electron chi connectivity index (χ0n) is 10.3. The molecule has 1 aromatic carbocycles. The Morgan fingerprint density at radius 2 is 1.94 bits per heavy atom. The Hall–Kier alpha value is -1.28. The summed E-state index contributed by atoms with van der Waals surface area (Å²) < 4.78 is 2.31. The Balaban J connectivity index is 2.54. The van der Waals surface area contributed by atoms with Gasteiger partial charge in [-0.25, -0.2) is 0 Å². The van der Waals surface area contributed by atoms with Gasteiger partial charge in [-0.15, -0.1) is 0 Å². The van der Waals surface area contributed by atoms with Crippen molar-refractivity contribution in [3.63, 3.8) is 0 Å². The second kappa shape index (κ2) is 4.30. The Kier molecular flexibility index (Phi) is 3.01. The first-order chi connectivity index (χ1) is 7.63. The maximum absolute atomic E-state index is 5.71. The standard InChI is InChI=1S/C14H20N2/c1-10(2)16-7-6-12-4-5-13(8-14(12)16)11(3)9-15/h4-8,10-11H,9,15H2,1-3H3. The SMILES string of the molecule is CC(CN)c1ccc2ccn(C(C)C)c2c1. The van der Waals surface area contributed by atoms with Crippen LogP contribution in [0.25, 0.3) is 10.9 Å². The van der Waals surface area contributed by atoms with Crippen molar-refractivity contribution in [3.05, 3.63) is 36.0 Å². The van der Waals surface area contributed by atoms with Crippen molar-refractivity contribution in [1.29, 1.82) is 0 Å². The van der Waals surface area contributed by atoms with Gasteiger partial charge >= 0.3 is 0 Å². The van der Waals surface area contributed by atoms with Crippen molar-refractivity contribution in [1.82, 2.24) is 4.57 Å². The average molecular weight is 216 g/mol. The van der Waals surface area contributed by atoms with Crippen molar-refractivity contribution in [3.8, 4) is 0 Å². The molecule has 0 aliphatic carbocycles. The second-order valence-electron chi connectivity index (χ2n) is 4.77. The first-order valence-corrected chi connectivity index (χ1v) is 5.94. The minimum Gasteiger partial charge on any atom is -0.345 e.